The van der Waals surface area contributed by atoms with Crippen LogP contribution in [0.2, 0.25) is 0 Å². The van der Waals surface area contributed by atoms with E-state index < -0.39 is 10.0 Å². The van der Waals surface area contributed by atoms with Crippen molar-refractivity contribution in [2.75, 3.05) is 39.4 Å². The predicted octanol–water partition coefficient (Wildman–Crippen LogP) is 0.517. The highest BCUT2D eigenvalue weighted by Gasteiger charge is 2.35. The standard InChI is InChI=1S/C17H25N3O4S/c1-2-7-19-8-13-9-20(15(10-19)12-24-11-13)17(21)14-3-5-16(6-4-14)25(18,22)23/h3-6,13,15H,2,7-12H2,1H3,(H2,18,22,23)/t13-,15-/m0/s1. The summed E-state index contributed by atoms with van der Waals surface area (Å²) in [6, 6.07) is 5.84. The van der Waals surface area contributed by atoms with Gasteiger partial charge in [0.15, 0.2) is 0 Å². The highest BCUT2D eigenvalue weighted by molar-refractivity contribution is 7.89. The Morgan fingerprint density at radius 2 is 1.92 bits per heavy atom. The van der Waals surface area contributed by atoms with E-state index in [1.807, 2.05) is 4.90 Å². The Labute approximate surface area is 148 Å². The van der Waals surface area contributed by atoms with Gasteiger partial charge >= 0.3 is 0 Å². The lowest BCUT2D eigenvalue weighted by Gasteiger charge is -2.31. The minimum absolute atomic E-state index is 0.0103. The van der Waals surface area contributed by atoms with Crippen molar-refractivity contribution >= 4 is 15.9 Å². The van der Waals surface area contributed by atoms with Gasteiger partial charge in [-0.25, -0.2) is 13.6 Å². The van der Waals surface area contributed by atoms with Crippen LogP contribution in [-0.4, -0.2) is 69.6 Å². The lowest BCUT2D eigenvalue weighted by Crippen LogP contribution is -2.46. The van der Waals surface area contributed by atoms with Gasteiger partial charge in [0.1, 0.15) is 0 Å². The summed E-state index contributed by atoms with van der Waals surface area (Å²) in [5.41, 5.74) is 0.474. The summed E-state index contributed by atoms with van der Waals surface area (Å²) in [6.07, 6.45) is 1.09. The van der Waals surface area contributed by atoms with Crippen LogP contribution in [0.5, 0.6) is 0 Å². The Balaban J connectivity index is 1.81. The van der Waals surface area contributed by atoms with E-state index in [1.165, 1.54) is 24.3 Å². The quantitative estimate of drug-likeness (QED) is 0.837. The van der Waals surface area contributed by atoms with Crippen molar-refractivity contribution in [2.24, 2.45) is 11.1 Å². The molecule has 2 bridgehead atoms. The smallest absolute Gasteiger partial charge is 0.254 e. The molecule has 2 aliphatic heterocycles. The van der Waals surface area contributed by atoms with Gasteiger partial charge in [0.2, 0.25) is 10.0 Å². The van der Waals surface area contributed by atoms with Gasteiger partial charge in [-0.15, -0.1) is 0 Å². The summed E-state index contributed by atoms with van der Waals surface area (Å²) in [6.45, 7) is 6.82. The summed E-state index contributed by atoms with van der Waals surface area (Å²) in [7, 11) is -3.76. The van der Waals surface area contributed by atoms with Crippen molar-refractivity contribution in [3.8, 4) is 0 Å². The third kappa shape index (κ3) is 4.20. The third-order valence-corrected chi connectivity index (χ3v) is 5.70. The zero-order chi connectivity index (χ0) is 18.0. The molecule has 1 aromatic rings. The molecule has 25 heavy (non-hydrogen) atoms. The molecule has 0 radical (unpaired) electrons. The fourth-order valence-corrected chi connectivity index (χ4v) is 4.16. The molecule has 2 atom stereocenters. The largest absolute Gasteiger partial charge is 0.379 e. The van der Waals surface area contributed by atoms with Crippen LogP contribution in [0.25, 0.3) is 0 Å². The van der Waals surface area contributed by atoms with E-state index in [-0.39, 0.29) is 16.8 Å². The van der Waals surface area contributed by atoms with E-state index in [0.29, 0.717) is 31.2 Å². The molecule has 3 rings (SSSR count). The van der Waals surface area contributed by atoms with Crippen LogP contribution in [0.15, 0.2) is 29.2 Å². The first-order valence-corrected chi connectivity index (χ1v) is 10.2. The van der Waals surface area contributed by atoms with Crippen molar-refractivity contribution < 1.29 is 17.9 Å². The van der Waals surface area contributed by atoms with Crippen LogP contribution in [0, 0.1) is 5.92 Å². The van der Waals surface area contributed by atoms with Gasteiger partial charge in [-0.1, -0.05) is 6.92 Å². The number of hydrogen-bond donors (Lipinski definition) is 1. The predicted molar refractivity (Wildman–Crippen MR) is 93.7 cm³/mol. The van der Waals surface area contributed by atoms with Crippen LogP contribution in [0.4, 0.5) is 0 Å². The maximum atomic E-state index is 13.0. The third-order valence-electron chi connectivity index (χ3n) is 4.78. The molecule has 0 saturated carbocycles. The molecule has 2 fully saturated rings. The second kappa shape index (κ2) is 7.41. The highest BCUT2D eigenvalue weighted by Crippen LogP contribution is 2.22. The Kier molecular flexibility index (Phi) is 5.43. The number of amides is 1. The van der Waals surface area contributed by atoms with E-state index >= 15 is 0 Å². The van der Waals surface area contributed by atoms with Gasteiger partial charge in [-0.3, -0.25) is 4.79 Å². The highest BCUT2D eigenvalue weighted by atomic mass is 32.2. The second-order valence-electron chi connectivity index (χ2n) is 6.84. The van der Waals surface area contributed by atoms with E-state index in [4.69, 9.17) is 9.88 Å². The molecule has 2 N–H and O–H groups in total. The zero-order valence-corrected chi connectivity index (χ0v) is 15.2. The molecule has 2 aliphatic rings. The average Bonchev–Trinajstić information content (AvgIpc) is 2.84. The number of fused-ring (bicyclic) bond motifs is 3. The van der Waals surface area contributed by atoms with Crippen LogP contribution in [0.3, 0.4) is 0 Å². The van der Waals surface area contributed by atoms with Gasteiger partial charge in [-0.05, 0) is 37.2 Å². The van der Waals surface area contributed by atoms with Gasteiger partial charge < -0.3 is 14.5 Å². The van der Waals surface area contributed by atoms with Crippen LogP contribution in [0.1, 0.15) is 23.7 Å². The Morgan fingerprint density at radius 1 is 1.20 bits per heavy atom. The van der Waals surface area contributed by atoms with Crippen molar-refractivity contribution in [1.29, 1.82) is 0 Å². The lowest BCUT2D eigenvalue weighted by molar-refractivity contribution is 0.0439. The maximum Gasteiger partial charge on any atom is 0.254 e. The number of carbonyl (C=O) groups excluding carboxylic acids is 1. The van der Waals surface area contributed by atoms with E-state index in [2.05, 4.69) is 11.8 Å². The molecular weight excluding hydrogens is 342 g/mol. The van der Waals surface area contributed by atoms with Crippen LogP contribution in [-0.2, 0) is 14.8 Å². The first-order valence-electron chi connectivity index (χ1n) is 8.62. The Hall–Kier alpha value is -1.48. The number of benzene rings is 1. The molecule has 2 heterocycles. The van der Waals surface area contributed by atoms with Crippen molar-refractivity contribution in [2.45, 2.75) is 24.3 Å². The maximum absolute atomic E-state index is 13.0. The van der Waals surface area contributed by atoms with Crippen LogP contribution >= 0.6 is 0 Å². The number of ether oxygens (including phenoxy) is 1. The van der Waals surface area contributed by atoms with Crippen molar-refractivity contribution in [3.63, 3.8) is 0 Å². The summed E-state index contributed by atoms with van der Waals surface area (Å²) in [4.78, 5) is 17.3. The lowest BCUT2D eigenvalue weighted by atomic mass is 10.1. The van der Waals surface area contributed by atoms with Crippen molar-refractivity contribution in [3.05, 3.63) is 29.8 Å². The number of hydrogen-bond acceptors (Lipinski definition) is 5. The number of carbonyl (C=O) groups is 1. The first kappa shape index (κ1) is 18.3. The number of rotatable bonds is 4. The molecule has 0 spiro atoms. The summed E-state index contributed by atoms with van der Waals surface area (Å²) < 4.78 is 28.5. The molecule has 2 saturated heterocycles. The molecule has 1 aromatic carbocycles. The molecule has 0 aliphatic carbocycles. The Bertz CT molecular complexity index is 720. The number of nitrogens with zero attached hydrogens (tertiary/aromatic N) is 2. The van der Waals surface area contributed by atoms with E-state index in [1.54, 1.807) is 0 Å². The Morgan fingerprint density at radius 3 is 2.56 bits per heavy atom. The fourth-order valence-electron chi connectivity index (χ4n) is 3.64. The summed E-state index contributed by atoms with van der Waals surface area (Å²) in [5, 5.41) is 5.12. The fraction of sp³-hybridized carbons (Fsp3) is 0.588. The topological polar surface area (TPSA) is 92.9 Å². The molecule has 7 nitrogen and oxygen atoms in total. The molecular formula is C17H25N3O4S. The molecule has 0 aromatic heterocycles. The summed E-state index contributed by atoms with van der Waals surface area (Å²) >= 11 is 0. The van der Waals surface area contributed by atoms with E-state index in [9.17, 15) is 13.2 Å². The molecule has 1 amide bonds. The SMILES string of the molecule is CCCN1C[C@@H]2COC[C@H](C1)N(C(=O)c1ccc(S(N)(=O)=O)cc1)C2. The molecule has 0 unspecified atom stereocenters. The number of nitrogens with two attached hydrogens (primary N) is 1. The van der Waals surface area contributed by atoms with Gasteiger partial charge in [0.25, 0.3) is 5.91 Å². The monoisotopic (exact) mass is 367 g/mol. The first-order chi connectivity index (χ1) is 11.9. The normalized spacial score (nSPS) is 24.8. The minimum Gasteiger partial charge on any atom is -0.379 e. The molecule has 138 valence electrons. The number of primary sulfonamides is 1. The van der Waals surface area contributed by atoms with Gasteiger partial charge in [-0.2, -0.15) is 0 Å². The van der Waals surface area contributed by atoms with E-state index in [0.717, 1.165) is 26.1 Å². The summed E-state index contributed by atoms with van der Waals surface area (Å²) in [5.74, 6) is 0.214. The van der Waals surface area contributed by atoms with Crippen molar-refractivity contribution in [1.82, 2.24) is 9.80 Å². The molecule has 8 heteroatoms. The van der Waals surface area contributed by atoms with Gasteiger partial charge in [0, 0.05) is 31.1 Å². The minimum atomic E-state index is -3.76. The zero-order valence-electron chi connectivity index (χ0n) is 14.4. The van der Waals surface area contributed by atoms with Crippen LogP contribution < -0.4 is 5.14 Å². The second-order valence-corrected chi connectivity index (χ2v) is 8.41. The average molecular weight is 367 g/mol. The van der Waals surface area contributed by atoms with Gasteiger partial charge in [0.05, 0.1) is 24.2 Å². The number of sulfonamides is 1.